The minimum absolute atomic E-state index is 1.07. The van der Waals surface area contributed by atoms with Crippen molar-refractivity contribution in [2.45, 2.75) is 20.3 Å². The first-order valence-corrected chi connectivity index (χ1v) is 5.28. The maximum absolute atomic E-state index is 3.48. The molecule has 0 radical (unpaired) electrons. The van der Waals surface area contributed by atoms with E-state index in [0.717, 1.165) is 10.9 Å². The van der Waals surface area contributed by atoms with Crippen LogP contribution in [0.3, 0.4) is 0 Å². The van der Waals surface area contributed by atoms with E-state index in [2.05, 4.69) is 53.0 Å². The Morgan fingerprint density at radius 2 is 2.15 bits per heavy atom. The summed E-state index contributed by atoms with van der Waals surface area (Å²) in [7, 11) is 0. The summed E-state index contributed by atoms with van der Waals surface area (Å²) in [5.74, 6) is 0. The molecule has 13 heavy (non-hydrogen) atoms. The van der Waals surface area contributed by atoms with Crippen molar-refractivity contribution in [1.29, 1.82) is 0 Å². The van der Waals surface area contributed by atoms with E-state index in [0.29, 0.717) is 0 Å². The third-order valence-corrected chi connectivity index (χ3v) is 2.97. The fourth-order valence-electron chi connectivity index (χ4n) is 1.71. The monoisotopic (exact) mass is 237 g/mol. The molecule has 0 saturated carbocycles. The Kier molecular flexibility index (Phi) is 2.16. The number of H-pyrrole nitrogens is 1. The normalized spacial score (nSPS) is 11.0. The lowest BCUT2D eigenvalue weighted by molar-refractivity contribution is 1.05. The summed E-state index contributed by atoms with van der Waals surface area (Å²) in [6, 6.07) is 6.35. The van der Waals surface area contributed by atoms with Crippen LogP contribution in [0, 0.1) is 6.92 Å². The molecule has 1 N–H and O–H groups in total. The van der Waals surface area contributed by atoms with Crippen LogP contribution in [0.1, 0.15) is 18.2 Å². The van der Waals surface area contributed by atoms with Gasteiger partial charge in [0.25, 0.3) is 0 Å². The molecule has 0 fully saturated rings. The first-order chi connectivity index (χ1) is 6.22. The molecule has 1 aromatic carbocycles. The van der Waals surface area contributed by atoms with Crippen molar-refractivity contribution in [3.8, 4) is 0 Å². The molecule has 0 bridgehead atoms. The lowest BCUT2D eigenvalue weighted by Gasteiger charge is -1.93. The molecule has 2 heteroatoms. The quantitative estimate of drug-likeness (QED) is 0.777. The van der Waals surface area contributed by atoms with Crippen LogP contribution in [0.5, 0.6) is 0 Å². The van der Waals surface area contributed by atoms with Gasteiger partial charge in [0.15, 0.2) is 0 Å². The number of nitrogens with one attached hydrogen (secondary N) is 1. The minimum Gasteiger partial charge on any atom is -0.358 e. The van der Waals surface area contributed by atoms with Crippen molar-refractivity contribution >= 4 is 26.8 Å². The Morgan fingerprint density at radius 1 is 1.38 bits per heavy atom. The number of halogens is 1. The molecule has 0 saturated heterocycles. The second kappa shape index (κ2) is 3.18. The molecule has 1 nitrogen and oxygen atoms in total. The van der Waals surface area contributed by atoms with E-state index in [-0.39, 0.29) is 0 Å². The van der Waals surface area contributed by atoms with E-state index < -0.39 is 0 Å². The van der Waals surface area contributed by atoms with Gasteiger partial charge in [-0.3, -0.25) is 0 Å². The van der Waals surface area contributed by atoms with E-state index in [1.807, 2.05) is 0 Å². The fraction of sp³-hybridized carbons (Fsp3) is 0.273. The molecule has 1 aromatic heterocycles. The lowest BCUT2D eigenvalue weighted by atomic mass is 10.1. The molecule has 0 unspecified atom stereocenters. The van der Waals surface area contributed by atoms with Crippen LogP contribution in [0.4, 0.5) is 0 Å². The zero-order valence-corrected chi connectivity index (χ0v) is 9.40. The Bertz CT molecular complexity index is 443. The molecular formula is C11H12BrN. The maximum atomic E-state index is 3.48. The van der Waals surface area contributed by atoms with E-state index in [9.17, 15) is 0 Å². The van der Waals surface area contributed by atoms with Crippen LogP contribution in [0.25, 0.3) is 10.9 Å². The van der Waals surface area contributed by atoms with E-state index >= 15 is 0 Å². The number of hydrogen-bond acceptors (Lipinski definition) is 0. The predicted molar refractivity (Wildman–Crippen MR) is 60.1 cm³/mol. The molecule has 1 heterocycles. The summed E-state index contributed by atoms with van der Waals surface area (Å²) in [6.45, 7) is 4.34. The molecule has 68 valence electrons. The number of benzene rings is 1. The van der Waals surface area contributed by atoms with Crippen molar-refractivity contribution in [1.82, 2.24) is 4.98 Å². The maximum Gasteiger partial charge on any atom is 0.0459 e. The highest BCUT2D eigenvalue weighted by Gasteiger charge is 2.05. The van der Waals surface area contributed by atoms with Crippen LogP contribution in [0.2, 0.25) is 0 Å². The van der Waals surface area contributed by atoms with Gasteiger partial charge in [-0.2, -0.15) is 0 Å². The predicted octanol–water partition coefficient (Wildman–Crippen LogP) is 3.80. The highest BCUT2D eigenvalue weighted by atomic mass is 79.9. The number of rotatable bonds is 1. The second-order valence-corrected chi connectivity index (χ2v) is 4.19. The lowest BCUT2D eigenvalue weighted by Crippen LogP contribution is -1.80. The van der Waals surface area contributed by atoms with Crippen molar-refractivity contribution < 1.29 is 0 Å². The zero-order valence-electron chi connectivity index (χ0n) is 7.82. The number of aryl methyl sites for hydroxylation is 2. The number of aromatic nitrogens is 1. The molecule has 0 aliphatic carbocycles. The third kappa shape index (κ3) is 1.39. The van der Waals surface area contributed by atoms with E-state index in [1.54, 1.807) is 0 Å². The molecule has 0 amide bonds. The van der Waals surface area contributed by atoms with Gasteiger partial charge in [0.05, 0.1) is 0 Å². The molecule has 0 atom stereocenters. The van der Waals surface area contributed by atoms with Crippen LogP contribution < -0.4 is 0 Å². The van der Waals surface area contributed by atoms with Crippen LogP contribution in [-0.2, 0) is 6.42 Å². The first kappa shape index (κ1) is 8.82. The molecule has 0 spiro atoms. The number of aromatic amines is 1. The number of hydrogen-bond donors (Lipinski definition) is 1. The molecule has 2 aromatic rings. The van der Waals surface area contributed by atoms with Gasteiger partial charge in [0, 0.05) is 21.1 Å². The Hall–Kier alpha value is -0.760. The van der Waals surface area contributed by atoms with Gasteiger partial charge in [-0.25, -0.2) is 0 Å². The standard InChI is InChI=1S/C11H12BrN/c1-3-10-7(2)9-6-8(12)4-5-11(9)13-10/h4-6,13H,3H2,1-2H3. The van der Waals surface area contributed by atoms with Crippen LogP contribution in [-0.4, -0.2) is 4.98 Å². The summed E-state index contributed by atoms with van der Waals surface area (Å²) in [5.41, 5.74) is 3.95. The average Bonchev–Trinajstić information content (AvgIpc) is 2.44. The molecular weight excluding hydrogens is 226 g/mol. The highest BCUT2D eigenvalue weighted by molar-refractivity contribution is 9.10. The van der Waals surface area contributed by atoms with Gasteiger partial charge in [-0.05, 0) is 37.1 Å². The van der Waals surface area contributed by atoms with Gasteiger partial charge in [-0.15, -0.1) is 0 Å². The van der Waals surface area contributed by atoms with Crippen LogP contribution >= 0.6 is 15.9 Å². The second-order valence-electron chi connectivity index (χ2n) is 3.27. The first-order valence-electron chi connectivity index (χ1n) is 4.49. The van der Waals surface area contributed by atoms with E-state index in [1.165, 1.54) is 22.2 Å². The summed E-state index contributed by atoms with van der Waals surface area (Å²) >= 11 is 3.48. The number of fused-ring (bicyclic) bond motifs is 1. The summed E-state index contributed by atoms with van der Waals surface area (Å²) in [4.78, 5) is 3.42. The average molecular weight is 238 g/mol. The highest BCUT2D eigenvalue weighted by Crippen LogP contribution is 2.25. The Morgan fingerprint density at radius 3 is 2.85 bits per heavy atom. The largest absolute Gasteiger partial charge is 0.358 e. The molecule has 2 rings (SSSR count). The summed E-state index contributed by atoms with van der Waals surface area (Å²) in [6.07, 6.45) is 1.07. The van der Waals surface area contributed by atoms with Gasteiger partial charge in [0.2, 0.25) is 0 Å². The minimum atomic E-state index is 1.07. The van der Waals surface area contributed by atoms with Gasteiger partial charge in [-0.1, -0.05) is 22.9 Å². The van der Waals surface area contributed by atoms with Crippen molar-refractivity contribution in [2.75, 3.05) is 0 Å². The van der Waals surface area contributed by atoms with Crippen molar-refractivity contribution in [3.05, 3.63) is 33.9 Å². The Labute approximate surface area is 86.3 Å². The van der Waals surface area contributed by atoms with Gasteiger partial charge >= 0.3 is 0 Å². The fourth-order valence-corrected chi connectivity index (χ4v) is 2.07. The smallest absolute Gasteiger partial charge is 0.0459 e. The third-order valence-electron chi connectivity index (χ3n) is 2.48. The van der Waals surface area contributed by atoms with Gasteiger partial charge in [0.1, 0.15) is 0 Å². The van der Waals surface area contributed by atoms with Gasteiger partial charge < -0.3 is 4.98 Å². The van der Waals surface area contributed by atoms with Crippen molar-refractivity contribution in [2.24, 2.45) is 0 Å². The topological polar surface area (TPSA) is 15.8 Å². The van der Waals surface area contributed by atoms with E-state index in [4.69, 9.17) is 0 Å². The molecule has 0 aliphatic rings. The molecule has 0 aliphatic heterocycles. The van der Waals surface area contributed by atoms with Crippen molar-refractivity contribution in [3.63, 3.8) is 0 Å². The Balaban J connectivity index is 2.77. The zero-order chi connectivity index (χ0) is 9.42. The summed E-state index contributed by atoms with van der Waals surface area (Å²) in [5, 5.41) is 1.33. The summed E-state index contributed by atoms with van der Waals surface area (Å²) < 4.78 is 1.14. The SMILES string of the molecule is CCc1[nH]c2ccc(Br)cc2c1C. The van der Waals surface area contributed by atoms with Crippen LogP contribution in [0.15, 0.2) is 22.7 Å².